The van der Waals surface area contributed by atoms with Gasteiger partial charge in [0.05, 0.1) is 0 Å². The first-order valence-corrected chi connectivity index (χ1v) is 7.25. The van der Waals surface area contributed by atoms with Crippen LogP contribution in [-0.2, 0) is 0 Å². The monoisotopic (exact) mass is 277 g/mol. The first-order valence-electron chi connectivity index (χ1n) is 7.25. The first-order chi connectivity index (χ1) is 9.29. The average Bonchev–Trinajstić information content (AvgIpc) is 2.86. The lowest BCUT2D eigenvalue weighted by atomic mass is 9.69. The van der Waals surface area contributed by atoms with E-state index in [1.54, 1.807) is 0 Å². The van der Waals surface area contributed by atoms with Crippen molar-refractivity contribution in [3.63, 3.8) is 0 Å². The third kappa shape index (κ3) is 3.11. The van der Waals surface area contributed by atoms with Gasteiger partial charge in [-0.1, -0.05) is 20.8 Å². The summed E-state index contributed by atoms with van der Waals surface area (Å²) in [4.78, 5) is 25.8. The van der Waals surface area contributed by atoms with Gasteiger partial charge in [0.25, 0.3) is 0 Å². The first kappa shape index (κ1) is 14.8. The minimum absolute atomic E-state index is 0.0473. The van der Waals surface area contributed by atoms with Crippen LogP contribution in [0.15, 0.2) is 12.3 Å². The Labute approximate surface area is 119 Å². The van der Waals surface area contributed by atoms with Crippen LogP contribution in [0.3, 0.4) is 0 Å². The standard InChI is InChI=1S/C16H23NO3/c1-16(2,3)12-6-4-10(5-7-12)14(18)11-8-13(15(19)20)17-9-11/h8-10,12,17H,4-7H2,1-3H3,(H,19,20). The van der Waals surface area contributed by atoms with E-state index in [0.29, 0.717) is 16.9 Å². The molecule has 0 atom stereocenters. The van der Waals surface area contributed by atoms with Gasteiger partial charge in [0, 0.05) is 17.7 Å². The maximum atomic E-state index is 12.4. The van der Waals surface area contributed by atoms with Gasteiger partial charge in [-0.25, -0.2) is 4.79 Å². The molecule has 1 aromatic rings. The van der Waals surface area contributed by atoms with E-state index in [4.69, 9.17) is 5.11 Å². The number of ketones is 1. The number of Topliss-reactive ketones (excluding diaryl/α,β-unsaturated/α-hetero) is 1. The summed E-state index contributed by atoms with van der Waals surface area (Å²) in [5.41, 5.74) is 0.886. The van der Waals surface area contributed by atoms with Crippen LogP contribution in [0.1, 0.15) is 67.3 Å². The molecule has 1 heterocycles. The number of carbonyl (C=O) groups is 2. The lowest BCUT2D eigenvalue weighted by molar-refractivity contribution is 0.0691. The van der Waals surface area contributed by atoms with Gasteiger partial charge in [0.15, 0.2) is 5.78 Å². The van der Waals surface area contributed by atoms with Crippen molar-refractivity contribution in [1.82, 2.24) is 4.98 Å². The number of rotatable bonds is 3. The van der Waals surface area contributed by atoms with Crippen LogP contribution in [0.25, 0.3) is 0 Å². The van der Waals surface area contributed by atoms with Crippen LogP contribution in [0.2, 0.25) is 0 Å². The summed E-state index contributed by atoms with van der Waals surface area (Å²) in [5, 5.41) is 8.87. The van der Waals surface area contributed by atoms with Gasteiger partial charge in [-0.15, -0.1) is 0 Å². The van der Waals surface area contributed by atoms with Crippen molar-refractivity contribution < 1.29 is 14.7 Å². The highest BCUT2D eigenvalue weighted by atomic mass is 16.4. The molecule has 1 aliphatic carbocycles. The average molecular weight is 277 g/mol. The Kier molecular flexibility index (Phi) is 4.02. The van der Waals surface area contributed by atoms with Crippen molar-refractivity contribution in [2.75, 3.05) is 0 Å². The molecule has 0 amide bonds. The van der Waals surface area contributed by atoms with E-state index < -0.39 is 5.97 Å². The SMILES string of the molecule is CC(C)(C)C1CCC(C(=O)c2c[nH]c(C(=O)O)c2)CC1. The number of aromatic amines is 1. The molecule has 0 aromatic carbocycles. The second-order valence-corrected chi connectivity index (χ2v) is 6.89. The van der Waals surface area contributed by atoms with Crippen LogP contribution >= 0.6 is 0 Å². The molecule has 110 valence electrons. The molecule has 0 saturated heterocycles. The molecular weight excluding hydrogens is 254 g/mol. The third-order valence-electron chi connectivity index (χ3n) is 4.52. The Bertz CT molecular complexity index is 502. The number of hydrogen-bond acceptors (Lipinski definition) is 2. The van der Waals surface area contributed by atoms with Crippen molar-refractivity contribution in [1.29, 1.82) is 0 Å². The smallest absolute Gasteiger partial charge is 0.352 e. The topological polar surface area (TPSA) is 70.2 Å². The zero-order valence-corrected chi connectivity index (χ0v) is 12.4. The van der Waals surface area contributed by atoms with Crippen LogP contribution in [0.5, 0.6) is 0 Å². The predicted molar refractivity (Wildman–Crippen MR) is 77.0 cm³/mol. The molecule has 1 aliphatic rings. The molecular formula is C16H23NO3. The number of carboxylic acid groups (broad SMARTS) is 1. The Morgan fingerprint density at radius 1 is 1.20 bits per heavy atom. The van der Waals surface area contributed by atoms with Crippen molar-refractivity contribution in [3.8, 4) is 0 Å². The summed E-state index contributed by atoms with van der Waals surface area (Å²) in [6.45, 7) is 6.77. The number of aromatic carboxylic acids is 1. The second kappa shape index (κ2) is 5.43. The van der Waals surface area contributed by atoms with E-state index >= 15 is 0 Å². The quantitative estimate of drug-likeness (QED) is 0.827. The lowest BCUT2D eigenvalue weighted by Gasteiger charge is -2.36. The molecule has 0 aliphatic heterocycles. The minimum Gasteiger partial charge on any atom is -0.477 e. The van der Waals surface area contributed by atoms with Gasteiger partial charge in [0.1, 0.15) is 5.69 Å². The van der Waals surface area contributed by atoms with E-state index in [0.717, 1.165) is 25.7 Å². The molecule has 4 heteroatoms. The second-order valence-electron chi connectivity index (χ2n) is 6.89. The third-order valence-corrected chi connectivity index (χ3v) is 4.52. The van der Waals surface area contributed by atoms with Gasteiger partial charge in [-0.3, -0.25) is 4.79 Å². The molecule has 0 bridgehead atoms. The Morgan fingerprint density at radius 3 is 2.25 bits per heavy atom. The minimum atomic E-state index is -1.03. The zero-order valence-electron chi connectivity index (χ0n) is 12.4. The van der Waals surface area contributed by atoms with Crippen LogP contribution in [0.4, 0.5) is 0 Å². The van der Waals surface area contributed by atoms with E-state index in [1.165, 1.54) is 12.3 Å². The summed E-state index contributed by atoms with van der Waals surface area (Å²) in [7, 11) is 0. The van der Waals surface area contributed by atoms with Crippen LogP contribution in [-0.4, -0.2) is 21.8 Å². The lowest BCUT2D eigenvalue weighted by Crippen LogP contribution is -2.28. The Hall–Kier alpha value is -1.58. The number of nitrogens with one attached hydrogen (secondary N) is 1. The van der Waals surface area contributed by atoms with Gasteiger partial charge < -0.3 is 10.1 Å². The summed E-state index contributed by atoms with van der Waals surface area (Å²) < 4.78 is 0. The Morgan fingerprint density at radius 2 is 1.80 bits per heavy atom. The summed E-state index contributed by atoms with van der Waals surface area (Å²) in [5.74, 6) is -0.222. The molecule has 0 spiro atoms. The number of carboxylic acids is 1. The van der Waals surface area contributed by atoms with Crippen molar-refractivity contribution in [3.05, 3.63) is 23.5 Å². The van der Waals surface area contributed by atoms with Gasteiger partial charge in [0.2, 0.25) is 0 Å². The van der Waals surface area contributed by atoms with E-state index in [1.807, 2.05) is 0 Å². The number of carbonyl (C=O) groups excluding carboxylic acids is 1. The molecule has 2 N–H and O–H groups in total. The van der Waals surface area contributed by atoms with Crippen LogP contribution in [0, 0.1) is 17.3 Å². The summed E-state index contributed by atoms with van der Waals surface area (Å²) >= 11 is 0. The number of aromatic nitrogens is 1. The van der Waals surface area contributed by atoms with Crippen molar-refractivity contribution in [2.45, 2.75) is 46.5 Å². The summed E-state index contributed by atoms with van der Waals surface area (Å²) in [6, 6.07) is 1.44. The molecule has 0 radical (unpaired) electrons. The molecule has 4 nitrogen and oxygen atoms in total. The largest absolute Gasteiger partial charge is 0.477 e. The van der Waals surface area contributed by atoms with Crippen molar-refractivity contribution >= 4 is 11.8 Å². The van der Waals surface area contributed by atoms with Gasteiger partial charge in [-0.2, -0.15) is 0 Å². The molecule has 1 aromatic heterocycles. The fourth-order valence-corrected chi connectivity index (χ4v) is 3.12. The number of hydrogen-bond donors (Lipinski definition) is 2. The highest BCUT2D eigenvalue weighted by molar-refractivity contribution is 6.00. The van der Waals surface area contributed by atoms with Gasteiger partial charge >= 0.3 is 5.97 Å². The van der Waals surface area contributed by atoms with Crippen molar-refractivity contribution in [2.24, 2.45) is 17.3 Å². The van der Waals surface area contributed by atoms with E-state index in [9.17, 15) is 9.59 Å². The molecule has 1 fully saturated rings. The molecule has 2 rings (SSSR count). The molecule has 1 saturated carbocycles. The normalized spacial score (nSPS) is 23.6. The highest BCUT2D eigenvalue weighted by Gasteiger charge is 2.32. The highest BCUT2D eigenvalue weighted by Crippen LogP contribution is 2.40. The van der Waals surface area contributed by atoms with Crippen LogP contribution < -0.4 is 0 Å². The predicted octanol–water partition coefficient (Wildman–Crippen LogP) is 3.75. The van der Waals surface area contributed by atoms with E-state index in [2.05, 4.69) is 25.8 Å². The Balaban J connectivity index is 1.99. The maximum Gasteiger partial charge on any atom is 0.352 e. The van der Waals surface area contributed by atoms with Gasteiger partial charge in [-0.05, 0) is 43.1 Å². The molecule has 20 heavy (non-hydrogen) atoms. The fourth-order valence-electron chi connectivity index (χ4n) is 3.12. The summed E-state index contributed by atoms with van der Waals surface area (Å²) in [6.07, 6.45) is 5.50. The fraction of sp³-hybridized carbons (Fsp3) is 0.625. The number of H-pyrrole nitrogens is 1. The maximum absolute atomic E-state index is 12.4. The zero-order chi connectivity index (χ0) is 14.9. The molecule has 0 unspecified atom stereocenters. The van der Waals surface area contributed by atoms with E-state index in [-0.39, 0.29) is 17.4 Å².